The molecule has 5 heteroatoms. The Kier molecular flexibility index (Phi) is 2.22. The van der Waals surface area contributed by atoms with Crippen molar-refractivity contribution in [3.63, 3.8) is 0 Å². The van der Waals surface area contributed by atoms with Crippen LogP contribution >= 0.6 is 23.6 Å². The first-order valence-corrected chi connectivity index (χ1v) is 6.06. The van der Waals surface area contributed by atoms with Gasteiger partial charge in [0.2, 0.25) is 6.79 Å². The van der Waals surface area contributed by atoms with E-state index in [1.54, 1.807) is 11.3 Å². The van der Waals surface area contributed by atoms with Crippen molar-refractivity contribution in [2.45, 2.75) is 6.92 Å². The Morgan fingerprint density at radius 1 is 1.31 bits per heavy atom. The Morgan fingerprint density at radius 3 is 2.88 bits per heavy atom. The van der Waals surface area contributed by atoms with Crippen LogP contribution in [0.1, 0.15) is 4.88 Å². The van der Waals surface area contributed by atoms with Crippen LogP contribution in [-0.2, 0) is 0 Å². The maximum absolute atomic E-state index is 5.35. The fourth-order valence-corrected chi connectivity index (χ4v) is 2.91. The fraction of sp³-hybridized carbons (Fsp3) is 0.182. The van der Waals surface area contributed by atoms with Crippen molar-refractivity contribution in [1.82, 2.24) is 4.98 Å². The quantitative estimate of drug-likeness (QED) is 0.788. The summed E-state index contributed by atoms with van der Waals surface area (Å²) in [4.78, 5) is 4.37. The topological polar surface area (TPSA) is 34.2 Å². The number of benzene rings is 1. The molecule has 0 fully saturated rings. The van der Waals surface area contributed by atoms with Gasteiger partial charge in [-0.15, -0.1) is 11.3 Å². The van der Waals surface area contributed by atoms with Gasteiger partial charge in [-0.3, -0.25) is 0 Å². The maximum atomic E-state index is 5.35. The van der Waals surface area contributed by atoms with E-state index >= 15 is 0 Å². The third kappa shape index (κ3) is 1.52. The lowest BCUT2D eigenvalue weighted by Crippen LogP contribution is -1.92. The molecule has 0 aliphatic carbocycles. The second-order valence-corrected chi connectivity index (χ2v) is 5.41. The van der Waals surface area contributed by atoms with Gasteiger partial charge in [0.05, 0.1) is 5.69 Å². The Hall–Kier alpha value is -1.33. The van der Waals surface area contributed by atoms with Gasteiger partial charge in [-0.05, 0) is 37.3 Å². The Balaban J connectivity index is 2.14. The number of nitrogens with one attached hydrogen (secondary N) is 1. The second-order valence-electron chi connectivity index (χ2n) is 3.51. The number of rotatable bonds is 1. The first-order valence-electron chi connectivity index (χ1n) is 4.84. The van der Waals surface area contributed by atoms with Gasteiger partial charge in [0.1, 0.15) is 0 Å². The number of aromatic nitrogens is 1. The SMILES string of the molecule is Cc1sc(=S)[nH]c1-c1ccc2c(c1)OCO2. The van der Waals surface area contributed by atoms with E-state index in [0.29, 0.717) is 6.79 Å². The van der Waals surface area contributed by atoms with Crippen molar-refractivity contribution in [1.29, 1.82) is 0 Å². The van der Waals surface area contributed by atoms with Crippen LogP contribution in [0.15, 0.2) is 18.2 Å². The zero-order chi connectivity index (χ0) is 11.1. The molecule has 2 heterocycles. The highest BCUT2D eigenvalue weighted by Gasteiger charge is 2.15. The summed E-state index contributed by atoms with van der Waals surface area (Å²) in [6.07, 6.45) is 0. The molecule has 1 aromatic carbocycles. The van der Waals surface area contributed by atoms with Gasteiger partial charge in [0.15, 0.2) is 15.5 Å². The van der Waals surface area contributed by atoms with Gasteiger partial charge in [0.25, 0.3) is 0 Å². The zero-order valence-electron chi connectivity index (χ0n) is 8.57. The Labute approximate surface area is 102 Å². The van der Waals surface area contributed by atoms with Crippen molar-refractivity contribution >= 4 is 23.6 Å². The van der Waals surface area contributed by atoms with Gasteiger partial charge in [-0.1, -0.05) is 0 Å². The smallest absolute Gasteiger partial charge is 0.231 e. The van der Waals surface area contributed by atoms with Crippen LogP contribution < -0.4 is 9.47 Å². The molecule has 0 bridgehead atoms. The van der Waals surface area contributed by atoms with E-state index in [1.807, 2.05) is 18.2 Å². The molecule has 0 amide bonds. The number of aryl methyl sites for hydroxylation is 1. The molecule has 0 radical (unpaired) electrons. The van der Waals surface area contributed by atoms with Crippen LogP contribution in [-0.4, -0.2) is 11.8 Å². The van der Waals surface area contributed by atoms with Crippen molar-refractivity contribution in [2.24, 2.45) is 0 Å². The first-order chi connectivity index (χ1) is 7.74. The maximum Gasteiger partial charge on any atom is 0.231 e. The summed E-state index contributed by atoms with van der Waals surface area (Å²) in [5.74, 6) is 1.60. The molecule has 0 unspecified atom stereocenters. The summed E-state index contributed by atoms with van der Waals surface area (Å²) in [7, 11) is 0. The van der Waals surface area contributed by atoms with E-state index in [4.69, 9.17) is 21.7 Å². The number of H-pyrrole nitrogens is 1. The van der Waals surface area contributed by atoms with Crippen molar-refractivity contribution < 1.29 is 9.47 Å². The van der Waals surface area contributed by atoms with E-state index in [1.165, 1.54) is 4.88 Å². The van der Waals surface area contributed by atoms with Gasteiger partial charge >= 0.3 is 0 Å². The van der Waals surface area contributed by atoms with E-state index in [2.05, 4.69) is 11.9 Å². The van der Waals surface area contributed by atoms with Crippen LogP contribution in [0.2, 0.25) is 0 Å². The molecular formula is C11H9NO2S2. The lowest BCUT2D eigenvalue weighted by molar-refractivity contribution is 0.174. The highest BCUT2D eigenvalue weighted by atomic mass is 32.1. The molecule has 1 aliphatic rings. The van der Waals surface area contributed by atoms with Gasteiger partial charge < -0.3 is 14.5 Å². The summed E-state index contributed by atoms with van der Waals surface area (Å²) in [6, 6.07) is 5.90. The van der Waals surface area contributed by atoms with Crippen LogP contribution in [0, 0.1) is 10.9 Å². The number of aromatic amines is 1. The lowest BCUT2D eigenvalue weighted by atomic mass is 10.1. The van der Waals surface area contributed by atoms with Gasteiger partial charge in [-0.25, -0.2) is 0 Å². The van der Waals surface area contributed by atoms with E-state index in [-0.39, 0.29) is 0 Å². The molecule has 0 saturated heterocycles. The van der Waals surface area contributed by atoms with Crippen molar-refractivity contribution in [2.75, 3.05) is 6.79 Å². The largest absolute Gasteiger partial charge is 0.454 e. The van der Waals surface area contributed by atoms with E-state index < -0.39 is 0 Å². The predicted molar refractivity (Wildman–Crippen MR) is 65.8 cm³/mol. The van der Waals surface area contributed by atoms with Crippen molar-refractivity contribution in [3.8, 4) is 22.8 Å². The normalized spacial score (nSPS) is 13.1. The molecule has 3 rings (SSSR count). The Bertz CT molecular complexity index is 600. The molecule has 3 nitrogen and oxygen atoms in total. The molecule has 0 saturated carbocycles. The minimum atomic E-state index is 0.303. The molecule has 0 atom stereocenters. The molecule has 16 heavy (non-hydrogen) atoms. The molecule has 1 N–H and O–H groups in total. The molecule has 1 aromatic heterocycles. The van der Waals surface area contributed by atoms with Gasteiger partial charge in [-0.2, -0.15) is 0 Å². The average molecular weight is 251 g/mol. The lowest BCUT2D eigenvalue weighted by Gasteiger charge is -2.01. The molecule has 82 valence electrons. The van der Waals surface area contributed by atoms with Crippen LogP contribution in [0.3, 0.4) is 0 Å². The summed E-state index contributed by atoms with van der Waals surface area (Å²) >= 11 is 6.71. The number of hydrogen-bond donors (Lipinski definition) is 1. The standard InChI is InChI=1S/C11H9NO2S2/c1-6-10(12-11(15)16-6)7-2-3-8-9(4-7)14-5-13-8/h2-4H,5H2,1H3,(H,12,15). The average Bonchev–Trinajstić information content (AvgIpc) is 2.83. The number of fused-ring (bicyclic) bond motifs is 1. The van der Waals surface area contributed by atoms with Crippen LogP contribution in [0.4, 0.5) is 0 Å². The third-order valence-corrected chi connectivity index (χ3v) is 3.64. The number of hydrogen-bond acceptors (Lipinski definition) is 4. The van der Waals surface area contributed by atoms with Crippen LogP contribution in [0.25, 0.3) is 11.3 Å². The van der Waals surface area contributed by atoms with Crippen molar-refractivity contribution in [3.05, 3.63) is 27.0 Å². The fourth-order valence-electron chi connectivity index (χ4n) is 1.73. The predicted octanol–water partition coefficient (Wildman–Crippen LogP) is 3.51. The van der Waals surface area contributed by atoms with Crippen LogP contribution in [0.5, 0.6) is 11.5 Å². The molecule has 2 aromatic rings. The summed E-state index contributed by atoms with van der Waals surface area (Å²) < 4.78 is 11.4. The summed E-state index contributed by atoms with van der Waals surface area (Å²) in [5, 5.41) is 0. The highest BCUT2D eigenvalue weighted by molar-refractivity contribution is 7.73. The molecular weight excluding hydrogens is 242 g/mol. The molecule has 1 aliphatic heterocycles. The highest BCUT2D eigenvalue weighted by Crippen LogP contribution is 2.36. The minimum Gasteiger partial charge on any atom is -0.454 e. The van der Waals surface area contributed by atoms with E-state index in [0.717, 1.165) is 26.7 Å². The number of ether oxygens (including phenoxy) is 2. The number of thiazole rings is 1. The molecule has 0 spiro atoms. The monoisotopic (exact) mass is 251 g/mol. The van der Waals surface area contributed by atoms with E-state index in [9.17, 15) is 0 Å². The third-order valence-electron chi connectivity index (χ3n) is 2.49. The van der Waals surface area contributed by atoms with Gasteiger partial charge in [0, 0.05) is 10.4 Å². The first kappa shape index (κ1) is 9.86. The Morgan fingerprint density at radius 2 is 2.12 bits per heavy atom. The zero-order valence-corrected chi connectivity index (χ0v) is 10.2. The summed E-state index contributed by atoms with van der Waals surface area (Å²) in [5.41, 5.74) is 2.14. The minimum absolute atomic E-state index is 0.303. The summed E-state index contributed by atoms with van der Waals surface area (Å²) in [6.45, 7) is 2.36. The second kappa shape index (κ2) is 3.61.